The fourth-order valence-corrected chi connectivity index (χ4v) is 4.86. The van der Waals surface area contributed by atoms with E-state index in [1.54, 1.807) is 0 Å². The smallest absolute Gasteiger partial charge is 0.207 e. The summed E-state index contributed by atoms with van der Waals surface area (Å²) in [5, 5.41) is 21.1. The highest BCUT2D eigenvalue weighted by Crippen LogP contribution is 2.48. The van der Waals surface area contributed by atoms with Gasteiger partial charge in [-0.05, 0) is 43.4 Å². The van der Waals surface area contributed by atoms with E-state index in [9.17, 15) is 10.2 Å². The number of aromatic hydroxyl groups is 2. The Hall–Kier alpha value is -1.58. The third-order valence-electron chi connectivity index (χ3n) is 7.29. The number of hydrogen-bond donors (Lipinski definition) is 2. The third kappa shape index (κ3) is 10.1. The second kappa shape index (κ2) is 15.3. The summed E-state index contributed by atoms with van der Waals surface area (Å²) in [6.45, 7) is 13.6. The van der Waals surface area contributed by atoms with Gasteiger partial charge in [0.25, 0.3) is 0 Å². The molecule has 0 aliphatic heterocycles. The Morgan fingerprint density at radius 3 is 1.42 bits per heavy atom. The van der Waals surface area contributed by atoms with Crippen LogP contribution in [0, 0.1) is 30.6 Å². The van der Waals surface area contributed by atoms with Crippen LogP contribution in [-0.2, 0) is 6.42 Å². The minimum atomic E-state index is 0.0536. The Morgan fingerprint density at radius 1 is 0.606 bits per heavy atom. The first kappa shape index (κ1) is 29.5. The van der Waals surface area contributed by atoms with Crippen molar-refractivity contribution in [1.82, 2.24) is 0 Å². The van der Waals surface area contributed by atoms with Gasteiger partial charge in [-0.1, -0.05) is 92.4 Å². The highest BCUT2D eigenvalue weighted by atomic mass is 16.5. The molecule has 0 spiro atoms. The Balaban J connectivity index is 2.35. The van der Waals surface area contributed by atoms with Crippen LogP contribution in [0.3, 0.4) is 0 Å². The molecule has 3 atom stereocenters. The molecule has 4 heteroatoms. The molecular formula is C29H52O4. The fourth-order valence-electron chi connectivity index (χ4n) is 4.86. The SMILES string of the molecule is COc1c(O)c(C)c(CCC(C)CCCC(C)CCCC(C)CCCC(C)C)c(O)c1OC. The lowest BCUT2D eigenvalue weighted by Crippen LogP contribution is -2.03. The standard InChI is InChI=1S/C29H52O4/c1-20(2)12-9-13-21(3)14-10-15-22(4)16-11-17-23(5)18-19-25-24(6)26(30)28(32-7)29(33-8)27(25)31/h20-23,30-31H,9-19H2,1-8H3. The molecule has 0 aliphatic carbocycles. The van der Waals surface area contributed by atoms with Gasteiger partial charge in [0.15, 0.2) is 11.5 Å². The molecule has 3 unspecified atom stereocenters. The van der Waals surface area contributed by atoms with Gasteiger partial charge in [0.05, 0.1) is 14.2 Å². The quantitative estimate of drug-likeness (QED) is 0.227. The van der Waals surface area contributed by atoms with Crippen LogP contribution >= 0.6 is 0 Å². The summed E-state index contributed by atoms with van der Waals surface area (Å²) in [6.07, 6.45) is 13.7. The zero-order valence-corrected chi connectivity index (χ0v) is 22.8. The predicted octanol–water partition coefficient (Wildman–Crippen LogP) is 8.43. The highest BCUT2D eigenvalue weighted by Gasteiger charge is 2.23. The summed E-state index contributed by atoms with van der Waals surface area (Å²) < 4.78 is 10.5. The third-order valence-corrected chi connectivity index (χ3v) is 7.29. The summed E-state index contributed by atoms with van der Waals surface area (Å²) in [4.78, 5) is 0. The molecule has 0 bridgehead atoms. The maximum Gasteiger partial charge on any atom is 0.207 e. The van der Waals surface area contributed by atoms with Crippen LogP contribution in [0.4, 0.5) is 0 Å². The second-order valence-corrected chi connectivity index (χ2v) is 10.9. The van der Waals surface area contributed by atoms with Crippen molar-refractivity contribution in [1.29, 1.82) is 0 Å². The molecule has 0 radical (unpaired) electrons. The van der Waals surface area contributed by atoms with Crippen molar-refractivity contribution < 1.29 is 19.7 Å². The summed E-state index contributed by atoms with van der Waals surface area (Å²) in [6, 6.07) is 0. The lowest BCUT2D eigenvalue weighted by Gasteiger charge is -2.19. The normalized spacial score (nSPS) is 14.3. The minimum Gasteiger partial charge on any atom is -0.504 e. The summed E-state index contributed by atoms with van der Waals surface area (Å²) in [7, 11) is 2.95. The van der Waals surface area contributed by atoms with Gasteiger partial charge in [-0.3, -0.25) is 0 Å². The van der Waals surface area contributed by atoms with Gasteiger partial charge in [-0.2, -0.15) is 0 Å². The van der Waals surface area contributed by atoms with E-state index < -0.39 is 0 Å². The zero-order chi connectivity index (χ0) is 25.0. The van der Waals surface area contributed by atoms with Crippen molar-refractivity contribution in [2.75, 3.05) is 14.2 Å². The lowest BCUT2D eigenvalue weighted by molar-refractivity contribution is 0.313. The Kier molecular flexibility index (Phi) is 13.7. The van der Waals surface area contributed by atoms with Crippen molar-refractivity contribution in [2.24, 2.45) is 23.7 Å². The molecule has 1 aromatic carbocycles. The number of benzene rings is 1. The van der Waals surface area contributed by atoms with Crippen LogP contribution in [0.5, 0.6) is 23.0 Å². The number of phenolic OH excluding ortho intramolecular Hbond substituents is 2. The van der Waals surface area contributed by atoms with Gasteiger partial charge in [0.1, 0.15) is 0 Å². The van der Waals surface area contributed by atoms with Crippen molar-refractivity contribution >= 4 is 0 Å². The Labute approximate surface area is 204 Å². The van der Waals surface area contributed by atoms with E-state index in [1.807, 2.05) is 6.92 Å². The van der Waals surface area contributed by atoms with E-state index in [0.717, 1.165) is 36.2 Å². The van der Waals surface area contributed by atoms with Gasteiger partial charge in [-0.15, -0.1) is 0 Å². The van der Waals surface area contributed by atoms with Crippen LogP contribution < -0.4 is 9.47 Å². The van der Waals surface area contributed by atoms with E-state index in [2.05, 4.69) is 34.6 Å². The fraction of sp³-hybridized carbons (Fsp3) is 0.793. The van der Waals surface area contributed by atoms with Crippen LogP contribution in [-0.4, -0.2) is 24.4 Å². The molecule has 0 fully saturated rings. The molecule has 33 heavy (non-hydrogen) atoms. The largest absolute Gasteiger partial charge is 0.504 e. The average molecular weight is 465 g/mol. The van der Waals surface area contributed by atoms with Crippen molar-refractivity contribution in [3.63, 3.8) is 0 Å². The molecule has 192 valence electrons. The van der Waals surface area contributed by atoms with Crippen LogP contribution in [0.2, 0.25) is 0 Å². The minimum absolute atomic E-state index is 0.0536. The van der Waals surface area contributed by atoms with E-state index in [4.69, 9.17) is 9.47 Å². The first-order valence-electron chi connectivity index (χ1n) is 13.3. The lowest BCUT2D eigenvalue weighted by atomic mass is 9.89. The zero-order valence-electron chi connectivity index (χ0n) is 22.8. The number of phenols is 2. The Morgan fingerprint density at radius 2 is 1.00 bits per heavy atom. The molecular weight excluding hydrogens is 412 g/mol. The van der Waals surface area contributed by atoms with E-state index >= 15 is 0 Å². The molecule has 0 heterocycles. The Bertz CT molecular complexity index is 683. The van der Waals surface area contributed by atoms with Gasteiger partial charge in [0.2, 0.25) is 11.5 Å². The number of methoxy groups -OCH3 is 2. The molecule has 0 saturated carbocycles. The maximum atomic E-state index is 10.6. The van der Waals surface area contributed by atoms with Crippen molar-refractivity contribution in [3.05, 3.63) is 11.1 Å². The summed E-state index contributed by atoms with van der Waals surface area (Å²) in [5.41, 5.74) is 1.43. The van der Waals surface area contributed by atoms with Crippen LogP contribution in [0.1, 0.15) is 110 Å². The highest BCUT2D eigenvalue weighted by molar-refractivity contribution is 5.65. The maximum absolute atomic E-state index is 10.6. The molecule has 0 aromatic heterocycles. The first-order chi connectivity index (χ1) is 15.6. The van der Waals surface area contributed by atoms with E-state index in [-0.39, 0.29) is 23.0 Å². The molecule has 1 aromatic rings. The van der Waals surface area contributed by atoms with Crippen molar-refractivity contribution in [3.8, 4) is 23.0 Å². The predicted molar refractivity (Wildman–Crippen MR) is 140 cm³/mol. The number of hydrogen-bond acceptors (Lipinski definition) is 4. The second-order valence-electron chi connectivity index (χ2n) is 10.9. The molecule has 0 saturated heterocycles. The van der Waals surface area contributed by atoms with Gasteiger partial charge in [-0.25, -0.2) is 0 Å². The number of rotatable bonds is 17. The topological polar surface area (TPSA) is 58.9 Å². The number of ether oxygens (including phenoxy) is 2. The summed E-state index contributed by atoms with van der Waals surface area (Å²) in [5.74, 6) is 3.63. The van der Waals surface area contributed by atoms with Gasteiger partial charge >= 0.3 is 0 Å². The van der Waals surface area contributed by atoms with Crippen LogP contribution in [0.25, 0.3) is 0 Å². The molecule has 2 N–H and O–H groups in total. The molecule has 1 rings (SSSR count). The average Bonchev–Trinajstić information content (AvgIpc) is 2.75. The van der Waals surface area contributed by atoms with Crippen LogP contribution in [0.15, 0.2) is 0 Å². The first-order valence-corrected chi connectivity index (χ1v) is 13.3. The van der Waals surface area contributed by atoms with Gasteiger partial charge in [0, 0.05) is 11.1 Å². The molecule has 0 amide bonds. The molecule has 4 nitrogen and oxygen atoms in total. The van der Waals surface area contributed by atoms with E-state index in [1.165, 1.54) is 72.0 Å². The van der Waals surface area contributed by atoms with E-state index in [0.29, 0.717) is 11.5 Å². The summed E-state index contributed by atoms with van der Waals surface area (Å²) >= 11 is 0. The van der Waals surface area contributed by atoms with Crippen molar-refractivity contribution in [2.45, 2.75) is 112 Å². The van der Waals surface area contributed by atoms with Gasteiger partial charge < -0.3 is 19.7 Å². The molecule has 0 aliphatic rings. The monoisotopic (exact) mass is 464 g/mol.